The van der Waals surface area contributed by atoms with Crippen LogP contribution in [0.15, 0.2) is 28.7 Å². The molecule has 0 spiro atoms. The molecule has 2 aromatic rings. The van der Waals surface area contributed by atoms with Crippen LogP contribution in [0.4, 0.5) is 0 Å². The Balaban J connectivity index is 0.00000196. The van der Waals surface area contributed by atoms with E-state index < -0.39 is 0 Å². The number of hydrogen-bond acceptors (Lipinski definition) is 5. The molecule has 0 aliphatic carbocycles. The van der Waals surface area contributed by atoms with Crippen molar-refractivity contribution >= 4 is 41.7 Å². The number of rotatable bonds is 7. The zero-order chi connectivity index (χ0) is 18.5. The Kier molecular flexibility index (Phi) is 10.3. The summed E-state index contributed by atoms with van der Waals surface area (Å²) in [5.41, 5.74) is 7.24. The number of nitrogens with zero attached hydrogens (tertiary/aromatic N) is 2. The molecule has 1 fully saturated rings. The van der Waals surface area contributed by atoms with Gasteiger partial charge in [0.05, 0.1) is 6.10 Å². The fourth-order valence-corrected chi connectivity index (χ4v) is 3.45. The number of carbonyl (C=O) groups is 1. The number of piperidine rings is 1. The Bertz CT molecular complexity index is 743. The zero-order valence-corrected chi connectivity index (χ0v) is 18.2. The van der Waals surface area contributed by atoms with Gasteiger partial charge >= 0.3 is 0 Å². The first-order chi connectivity index (χ1) is 12.6. The minimum Gasteiger partial charge on any atom is -0.451 e. The van der Waals surface area contributed by atoms with Crippen LogP contribution in [0, 0.1) is 0 Å². The maximum Gasteiger partial charge on any atom is 0.289 e. The second kappa shape index (κ2) is 11.6. The maximum absolute atomic E-state index is 13.1. The monoisotopic (exact) mass is 431 g/mol. The standard InChI is InChI=1S/C20H29N3O3.2ClH/c1-22(2)14-17-16-6-3-4-7-18(16)26-19(17)20(24)23-11-8-15(9-12-23)25-13-5-10-21;;/h3-4,6-7,15H,5,8-14,21H2,1-2H3;2*1H. The van der Waals surface area contributed by atoms with Gasteiger partial charge in [0.1, 0.15) is 5.58 Å². The molecule has 1 aromatic carbocycles. The number of furan rings is 1. The van der Waals surface area contributed by atoms with Gasteiger partial charge < -0.3 is 24.7 Å². The Morgan fingerprint density at radius 2 is 1.93 bits per heavy atom. The molecule has 0 radical (unpaired) electrons. The summed E-state index contributed by atoms with van der Waals surface area (Å²) in [4.78, 5) is 17.0. The predicted molar refractivity (Wildman–Crippen MR) is 117 cm³/mol. The molecular formula is C20H31Cl2N3O3. The number of para-hydroxylation sites is 1. The third-order valence-corrected chi connectivity index (χ3v) is 4.80. The van der Waals surface area contributed by atoms with Crippen LogP contribution in [0.3, 0.4) is 0 Å². The van der Waals surface area contributed by atoms with E-state index in [9.17, 15) is 4.79 Å². The molecular weight excluding hydrogens is 401 g/mol. The average Bonchev–Trinajstić information content (AvgIpc) is 3.00. The summed E-state index contributed by atoms with van der Waals surface area (Å²) >= 11 is 0. The smallest absolute Gasteiger partial charge is 0.289 e. The highest BCUT2D eigenvalue weighted by Crippen LogP contribution is 2.28. The first-order valence-corrected chi connectivity index (χ1v) is 9.36. The molecule has 0 bridgehead atoms. The van der Waals surface area contributed by atoms with Crippen molar-refractivity contribution in [3.63, 3.8) is 0 Å². The minimum atomic E-state index is -0.0153. The van der Waals surface area contributed by atoms with Gasteiger partial charge in [-0.25, -0.2) is 0 Å². The molecule has 1 aliphatic rings. The summed E-state index contributed by atoms with van der Waals surface area (Å²) in [5.74, 6) is 0.459. The topological polar surface area (TPSA) is 71.9 Å². The van der Waals surface area contributed by atoms with Crippen molar-refractivity contribution in [2.45, 2.75) is 31.9 Å². The lowest BCUT2D eigenvalue weighted by molar-refractivity contribution is 0.00764. The molecule has 28 heavy (non-hydrogen) atoms. The van der Waals surface area contributed by atoms with Crippen LogP contribution in [0.25, 0.3) is 11.0 Å². The van der Waals surface area contributed by atoms with E-state index in [2.05, 4.69) is 4.90 Å². The van der Waals surface area contributed by atoms with E-state index in [1.807, 2.05) is 43.3 Å². The molecule has 0 unspecified atom stereocenters. The summed E-state index contributed by atoms with van der Waals surface area (Å²) in [6.07, 6.45) is 2.83. The van der Waals surface area contributed by atoms with Crippen LogP contribution in [-0.2, 0) is 11.3 Å². The van der Waals surface area contributed by atoms with Crippen LogP contribution in [0.2, 0.25) is 0 Å². The number of ether oxygens (including phenoxy) is 1. The highest BCUT2D eigenvalue weighted by atomic mass is 35.5. The van der Waals surface area contributed by atoms with Crippen molar-refractivity contribution in [1.29, 1.82) is 0 Å². The van der Waals surface area contributed by atoms with E-state index >= 15 is 0 Å². The van der Waals surface area contributed by atoms with Gasteiger partial charge in [-0.1, -0.05) is 18.2 Å². The number of carbonyl (C=O) groups excluding carboxylic acids is 1. The second-order valence-electron chi connectivity index (χ2n) is 7.15. The van der Waals surface area contributed by atoms with Gasteiger partial charge in [-0.2, -0.15) is 0 Å². The quantitative estimate of drug-likeness (QED) is 0.680. The van der Waals surface area contributed by atoms with Crippen molar-refractivity contribution in [3.05, 3.63) is 35.6 Å². The molecule has 158 valence electrons. The van der Waals surface area contributed by atoms with Gasteiger partial charge in [-0.05, 0) is 46.0 Å². The summed E-state index contributed by atoms with van der Waals surface area (Å²) in [6, 6.07) is 7.86. The van der Waals surface area contributed by atoms with Crippen LogP contribution in [-0.4, -0.2) is 62.1 Å². The van der Waals surface area contributed by atoms with Gasteiger partial charge in [0, 0.05) is 37.2 Å². The molecule has 1 aliphatic heterocycles. The van der Waals surface area contributed by atoms with Crippen molar-refractivity contribution in [2.24, 2.45) is 5.73 Å². The lowest BCUT2D eigenvalue weighted by atomic mass is 10.1. The molecule has 0 saturated carbocycles. The Morgan fingerprint density at radius 1 is 1.25 bits per heavy atom. The summed E-state index contributed by atoms with van der Waals surface area (Å²) in [5, 5.41) is 1.02. The van der Waals surface area contributed by atoms with Crippen molar-refractivity contribution < 1.29 is 13.9 Å². The molecule has 1 amide bonds. The fraction of sp³-hybridized carbons (Fsp3) is 0.550. The number of benzene rings is 1. The average molecular weight is 432 g/mol. The molecule has 1 saturated heterocycles. The first kappa shape index (κ1) is 24.7. The van der Waals surface area contributed by atoms with E-state index in [-0.39, 0.29) is 36.8 Å². The maximum atomic E-state index is 13.1. The van der Waals surface area contributed by atoms with Gasteiger partial charge in [0.25, 0.3) is 5.91 Å². The third kappa shape index (κ3) is 5.84. The molecule has 0 atom stereocenters. The lowest BCUT2D eigenvalue weighted by Crippen LogP contribution is -2.41. The molecule has 2 N–H and O–H groups in total. The zero-order valence-electron chi connectivity index (χ0n) is 16.6. The summed E-state index contributed by atoms with van der Waals surface area (Å²) < 4.78 is 11.8. The largest absolute Gasteiger partial charge is 0.451 e. The summed E-state index contributed by atoms with van der Waals surface area (Å²) in [6.45, 7) is 3.43. The van der Waals surface area contributed by atoms with Crippen molar-refractivity contribution in [2.75, 3.05) is 40.3 Å². The van der Waals surface area contributed by atoms with Crippen molar-refractivity contribution in [3.8, 4) is 0 Å². The lowest BCUT2D eigenvalue weighted by Gasteiger charge is -2.31. The minimum absolute atomic E-state index is 0. The van der Waals surface area contributed by atoms with Gasteiger partial charge in [-0.15, -0.1) is 24.8 Å². The van der Waals surface area contributed by atoms with Gasteiger partial charge in [-0.3, -0.25) is 4.79 Å². The van der Waals surface area contributed by atoms with Crippen molar-refractivity contribution in [1.82, 2.24) is 9.80 Å². The molecule has 1 aromatic heterocycles. The number of likely N-dealkylation sites (tertiary alicyclic amines) is 1. The SMILES string of the molecule is CN(C)Cc1c(C(=O)N2CCC(OCCCN)CC2)oc2ccccc12.Cl.Cl. The fourth-order valence-electron chi connectivity index (χ4n) is 3.45. The number of amides is 1. The van der Waals surface area contributed by atoms with E-state index in [0.717, 1.165) is 35.8 Å². The van der Waals surface area contributed by atoms with E-state index in [4.69, 9.17) is 14.9 Å². The normalized spacial score (nSPS) is 14.8. The van der Waals surface area contributed by atoms with Gasteiger partial charge in [0.2, 0.25) is 0 Å². The van der Waals surface area contributed by atoms with Crippen LogP contribution in [0.5, 0.6) is 0 Å². The highest BCUT2D eigenvalue weighted by molar-refractivity contribution is 5.99. The Labute approximate surface area is 179 Å². The number of halogens is 2. The van der Waals surface area contributed by atoms with E-state index in [1.54, 1.807) is 0 Å². The summed E-state index contributed by atoms with van der Waals surface area (Å²) in [7, 11) is 4.00. The predicted octanol–water partition coefficient (Wildman–Crippen LogP) is 3.31. The van der Waals surface area contributed by atoms with E-state index in [0.29, 0.717) is 38.5 Å². The third-order valence-electron chi connectivity index (χ3n) is 4.80. The van der Waals surface area contributed by atoms with Crippen LogP contribution in [0.1, 0.15) is 35.4 Å². The van der Waals surface area contributed by atoms with Crippen LogP contribution >= 0.6 is 24.8 Å². The second-order valence-corrected chi connectivity index (χ2v) is 7.15. The van der Waals surface area contributed by atoms with Gasteiger partial charge in [0.15, 0.2) is 5.76 Å². The van der Waals surface area contributed by atoms with Crippen LogP contribution < -0.4 is 5.73 Å². The molecule has 8 heteroatoms. The number of hydrogen-bond donors (Lipinski definition) is 1. The molecule has 2 heterocycles. The highest BCUT2D eigenvalue weighted by Gasteiger charge is 2.29. The number of fused-ring (bicyclic) bond motifs is 1. The molecule has 3 rings (SSSR count). The van der Waals surface area contributed by atoms with E-state index in [1.165, 1.54) is 0 Å². The first-order valence-electron chi connectivity index (χ1n) is 9.36. The Morgan fingerprint density at radius 3 is 2.57 bits per heavy atom. The number of nitrogens with two attached hydrogens (primary N) is 1. The molecule has 6 nitrogen and oxygen atoms in total. The Hall–Kier alpha value is -1.31.